The van der Waals surface area contributed by atoms with E-state index in [1.165, 1.54) is 4.90 Å². The number of rotatable bonds is 5. The Hall–Kier alpha value is -2.59. The van der Waals surface area contributed by atoms with E-state index in [-0.39, 0.29) is 11.9 Å². The molecular weight excluding hydrogens is 444 g/mol. The number of carbonyl (C=O) groups excluding carboxylic acids is 2. The highest BCUT2D eigenvalue weighted by Crippen LogP contribution is 2.35. The molecule has 3 amide bonds. The van der Waals surface area contributed by atoms with Crippen molar-refractivity contribution in [3.63, 3.8) is 0 Å². The Bertz CT molecular complexity index is 1050. The molecule has 3 aromatic heterocycles. The lowest BCUT2D eigenvalue weighted by Crippen LogP contribution is -2.46. The number of urea groups is 1. The van der Waals surface area contributed by atoms with Gasteiger partial charge in [0.15, 0.2) is 0 Å². The van der Waals surface area contributed by atoms with Crippen molar-refractivity contribution in [3.05, 3.63) is 35.2 Å². The zero-order chi connectivity index (χ0) is 19.9. The molecule has 1 fully saturated rings. The predicted octanol–water partition coefficient (Wildman–Crippen LogP) is 3.26. The molecule has 2 N–H and O–H groups in total. The lowest BCUT2D eigenvalue weighted by molar-refractivity contribution is -0.125. The van der Waals surface area contributed by atoms with Crippen molar-refractivity contribution in [2.75, 3.05) is 18.4 Å². The molecule has 1 aliphatic heterocycles. The van der Waals surface area contributed by atoms with Crippen LogP contribution in [0.1, 0.15) is 13.8 Å². The lowest BCUT2D eigenvalue weighted by Gasteiger charge is -2.27. The van der Waals surface area contributed by atoms with E-state index in [0.717, 1.165) is 25.1 Å². The first-order valence-corrected chi connectivity index (χ1v) is 10.2. The molecule has 0 aliphatic carbocycles. The third-order valence-electron chi connectivity index (χ3n) is 4.61. The average Bonchev–Trinajstić information content (AvgIpc) is 3.17. The number of amides is 3. The first-order chi connectivity index (χ1) is 13.4. The number of hydrogen-bond donors (Lipinski definition) is 2. The van der Waals surface area contributed by atoms with Crippen molar-refractivity contribution >= 4 is 55.2 Å². The van der Waals surface area contributed by atoms with E-state index in [0.29, 0.717) is 19.0 Å². The van der Waals surface area contributed by atoms with Crippen molar-refractivity contribution in [3.8, 4) is 10.6 Å². The summed E-state index contributed by atoms with van der Waals surface area (Å²) in [5.74, 6) is 0.163. The summed E-state index contributed by atoms with van der Waals surface area (Å²) in [4.78, 5) is 39.3. The molecule has 0 aromatic carbocycles. The summed E-state index contributed by atoms with van der Waals surface area (Å²) in [5.41, 5.74) is -0.0802. The summed E-state index contributed by atoms with van der Waals surface area (Å²) < 4.78 is 1.93. The van der Waals surface area contributed by atoms with E-state index in [9.17, 15) is 9.59 Å². The second kappa shape index (κ2) is 7.10. The van der Waals surface area contributed by atoms with Gasteiger partial charge >= 0.3 is 6.03 Å². The fourth-order valence-corrected chi connectivity index (χ4v) is 4.55. The van der Waals surface area contributed by atoms with Crippen molar-refractivity contribution in [1.82, 2.24) is 25.2 Å². The number of pyridine rings is 1. The number of fused-ring (bicyclic) bond motifs is 1. The van der Waals surface area contributed by atoms with Gasteiger partial charge in [0.1, 0.15) is 11.2 Å². The minimum atomic E-state index is -0.865. The van der Waals surface area contributed by atoms with Gasteiger partial charge in [0.25, 0.3) is 5.91 Å². The van der Waals surface area contributed by atoms with Crippen LogP contribution in [0.2, 0.25) is 0 Å². The number of nitrogens with one attached hydrogen (secondary N) is 2. The summed E-state index contributed by atoms with van der Waals surface area (Å²) in [6.07, 6.45) is 5.29. The highest BCUT2D eigenvalue weighted by atomic mass is 79.9. The minimum Gasteiger partial charge on any atom is -0.352 e. The maximum absolute atomic E-state index is 11.9. The Labute approximate surface area is 173 Å². The number of halogens is 1. The molecule has 3 aromatic rings. The van der Waals surface area contributed by atoms with Gasteiger partial charge in [-0.1, -0.05) is 0 Å². The van der Waals surface area contributed by atoms with E-state index in [1.807, 2.05) is 18.3 Å². The number of carbonyl (C=O) groups is 2. The summed E-state index contributed by atoms with van der Waals surface area (Å²) in [6, 6.07) is 3.64. The van der Waals surface area contributed by atoms with E-state index < -0.39 is 5.54 Å². The van der Waals surface area contributed by atoms with Crippen molar-refractivity contribution in [2.24, 2.45) is 0 Å². The second-order valence-electron chi connectivity index (χ2n) is 6.81. The SMILES string of the molecule is CC1(C)C(=O)NC(=O)N1CCNc1ncc(Br)c(-c2cc3cnccc3s2)n1. The molecule has 0 atom stereocenters. The zero-order valence-electron chi connectivity index (χ0n) is 15.2. The van der Waals surface area contributed by atoms with Crippen LogP contribution in [-0.2, 0) is 4.79 Å². The number of thiophene rings is 1. The molecule has 4 heterocycles. The number of anilines is 1. The predicted molar refractivity (Wildman–Crippen MR) is 111 cm³/mol. The van der Waals surface area contributed by atoms with Gasteiger partial charge < -0.3 is 10.2 Å². The Balaban J connectivity index is 1.50. The molecule has 28 heavy (non-hydrogen) atoms. The van der Waals surface area contributed by atoms with Crippen LogP contribution in [0.5, 0.6) is 0 Å². The number of aromatic nitrogens is 3. The third-order valence-corrected chi connectivity index (χ3v) is 6.31. The van der Waals surface area contributed by atoms with E-state index in [2.05, 4.69) is 41.5 Å². The Morgan fingerprint density at radius 2 is 2.14 bits per heavy atom. The van der Waals surface area contributed by atoms with Crippen molar-refractivity contribution in [1.29, 1.82) is 0 Å². The van der Waals surface area contributed by atoms with Crippen LogP contribution in [0.25, 0.3) is 20.7 Å². The van der Waals surface area contributed by atoms with Crippen molar-refractivity contribution < 1.29 is 9.59 Å². The highest BCUT2D eigenvalue weighted by Gasteiger charge is 2.44. The first kappa shape index (κ1) is 18.8. The summed E-state index contributed by atoms with van der Waals surface area (Å²) in [5, 5.41) is 6.53. The Morgan fingerprint density at radius 1 is 1.32 bits per heavy atom. The molecule has 144 valence electrons. The van der Waals surface area contributed by atoms with Crippen LogP contribution in [0.15, 0.2) is 35.2 Å². The standard InChI is InChI=1S/C18H17BrN6O2S/c1-18(2)15(26)24-17(27)25(18)6-5-21-16-22-9-11(19)14(23-16)13-7-10-8-20-4-3-12(10)28-13/h3-4,7-9H,5-6H2,1-2H3,(H,21,22,23)(H,24,26,27). The van der Waals surface area contributed by atoms with E-state index in [1.54, 1.807) is 37.6 Å². The molecule has 0 bridgehead atoms. The first-order valence-electron chi connectivity index (χ1n) is 8.59. The van der Waals surface area contributed by atoms with Crippen LogP contribution in [-0.4, -0.2) is 50.4 Å². The molecule has 8 nitrogen and oxygen atoms in total. The summed E-state index contributed by atoms with van der Waals surface area (Å²) >= 11 is 5.15. The topological polar surface area (TPSA) is 100 Å². The van der Waals surface area contributed by atoms with Gasteiger partial charge in [-0.25, -0.2) is 14.8 Å². The van der Waals surface area contributed by atoms with Gasteiger partial charge in [0.2, 0.25) is 5.95 Å². The van der Waals surface area contributed by atoms with Gasteiger partial charge in [-0.05, 0) is 41.9 Å². The molecule has 1 saturated heterocycles. The average molecular weight is 461 g/mol. The van der Waals surface area contributed by atoms with Gasteiger partial charge in [-0.3, -0.25) is 15.1 Å². The normalized spacial score (nSPS) is 15.9. The third kappa shape index (κ3) is 3.33. The molecule has 10 heteroatoms. The monoisotopic (exact) mass is 460 g/mol. The van der Waals surface area contributed by atoms with Crippen LogP contribution >= 0.6 is 27.3 Å². The van der Waals surface area contributed by atoms with Gasteiger partial charge in [-0.15, -0.1) is 11.3 Å². The second-order valence-corrected chi connectivity index (χ2v) is 8.75. The maximum Gasteiger partial charge on any atom is 0.325 e. The lowest BCUT2D eigenvalue weighted by atomic mass is 10.0. The molecular formula is C18H17BrN6O2S. The van der Waals surface area contributed by atoms with Crippen molar-refractivity contribution in [2.45, 2.75) is 19.4 Å². The molecule has 0 spiro atoms. The summed E-state index contributed by atoms with van der Waals surface area (Å²) in [7, 11) is 0. The number of nitrogens with zero attached hydrogens (tertiary/aromatic N) is 4. The Kier molecular flexibility index (Phi) is 4.76. The number of imide groups is 1. The number of hydrogen-bond acceptors (Lipinski definition) is 7. The van der Waals surface area contributed by atoms with Gasteiger partial charge in [-0.2, -0.15) is 0 Å². The minimum absolute atomic E-state index is 0.293. The van der Waals surface area contributed by atoms with Gasteiger partial charge in [0, 0.05) is 41.8 Å². The van der Waals surface area contributed by atoms with Crippen LogP contribution in [0, 0.1) is 0 Å². The quantitative estimate of drug-likeness (QED) is 0.566. The van der Waals surface area contributed by atoms with Crippen LogP contribution in [0.4, 0.5) is 10.7 Å². The molecule has 0 saturated carbocycles. The fourth-order valence-electron chi connectivity index (χ4n) is 2.98. The highest BCUT2D eigenvalue weighted by molar-refractivity contribution is 9.10. The maximum atomic E-state index is 11.9. The molecule has 0 unspecified atom stereocenters. The zero-order valence-corrected chi connectivity index (χ0v) is 17.6. The van der Waals surface area contributed by atoms with Crippen LogP contribution in [0.3, 0.4) is 0 Å². The van der Waals surface area contributed by atoms with E-state index in [4.69, 9.17) is 0 Å². The van der Waals surface area contributed by atoms with Gasteiger partial charge in [0.05, 0.1) is 9.35 Å². The Morgan fingerprint density at radius 3 is 2.86 bits per heavy atom. The molecule has 1 aliphatic rings. The largest absolute Gasteiger partial charge is 0.352 e. The van der Waals surface area contributed by atoms with E-state index >= 15 is 0 Å². The van der Waals surface area contributed by atoms with Crippen LogP contribution < -0.4 is 10.6 Å². The fraction of sp³-hybridized carbons (Fsp3) is 0.278. The molecule has 4 rings (SSSR count). The smallest absolute Gasteiger partial charge is 0.325 e. The summed E-state index contributed by atoms with van der Waals surface area (Å²) in [6.45, 7) is 4.21. The molecule has 0 radical (unpaired) electrons.